The molecule has 4 rings (SSSR count). The fourth-order valence-electron chi connectivity index (χ4n) is 4.33. The highest BCUT2D eigenvalue weighted by atomic mass is 127. The minimum Gasteiger partial charge on any atom is -0.340 e. The van der Waals surface area contributed by atoms with Crippen molar-refractivity contribution in [3.63, 3.8) is 0 Å². The van der Waals surface area contributed by atoms with Crippen LogP contribution in [0.5, 0.6) is 0 Å². The summed E-state index contributed by atoms with van der Waals surface area (Å²) >= 11 is 2.12. The van der Waals surface area contributed by atoms with Crippen molar-refractivity contribution in [1.29, 1.82) is 0 Å². The Morgan fingerprint density at radius 3 is 2.55 bits per heavy atom. The largest absolute Gasteiger partial charge is 0.340 e. The minimum absolute atomic E-state index is 0.254. The molecule has 1 fully saturated rings. The Labute approximate surface area is 207 Å². The van der Waals surface area contributed by atoms with Crippen molar-refractivity contribution in [3.05, 3.63) is 53.6 Å². The third kappa shape index (κ3) is 5.22. The number of rotatable bonds is 7. The lowest BCUT2D eigenvalue weighted by molar-refractivity contribution is 0.156. The Morgan fingerprint density at radius 2 is 1.88 bits per heavy atom. The van der Waals surface area contributed by atoms with Crippen LogP contribution in [0.4, 0.5) is 21.6 Å². The Hall–Kier alpha value is -2.05. The zero-order valence-corrected chi connectivity index (χ0v) is 21.8. The van der Waals surface area contributed by atoms with Crippen LogP contribution in [0.25, 0.3) is 10.9 Å². The van der Waals surface area contributed by atoms with Crippen LogP contribution in [0.3, 0.4) is 0 Å². The van der Waals surface area contributed by atoms with Gasteiger partial charge >= 0.3 is 0 Å². The van der Waals surface area contributed by atoms with Gasteiger partial charge in [-0.05, 0) is 81.2 Å². The maximum atomic E-state index is 13.9. The summed E-state index contributed by atoms with van der Waals surface area (Å²) in [6.07, 6.45) is 4.87. The van der Waals surface area contributed by atoms with Crippen LogP contribution in [-0.2, 0) is 20.0 Å². The second-order valence-corrected chi connectivity index (χ2v) is 11.3. The van der Waals surface area contributed by atoms with Crippen molar-refractivity contribution in [2.75, 3.05) is 29.4 Å². The molecule has 0 unspecified atom stereocenters. The highest BCUT2D eigenvalue weighted by molar-refractivity contribution is 14.1. The number of nitrogens with one attached hydrogen (secondary N) is 2. The first-order valence-corrected chi connectivity index (χ1v) is 14.1. The monoisotopic (exact) mass is 583 g/mol. The number of aromatic nitrogens is 2. The molecule has 0 spiro atoms. The second-order valence-electron chi connectivity index (χ2n) is 8.83. The van der Waals surface area contributed by atoms with Crippen LogP contribution in [0.2, 0.25) is 0 Å². The van der Waals surface area contributed by atoms with E-state index in [-0.39, 0.29) is 11.4 Å². The molecule has 33 heavy (non-hydrogen) atoms. The zero-order valence-electron chi connectivity index (χ0n) is 18.8. The summed E-state index contributed by atoms with van der Waals surface area (Å²) in [6, 6.07) is 8.55. The van der Waals surface area contributed by atoms with Gasteiger partial charge in [0, 0.05) is 21.0 Å². The van der Waals surface area contributed by atoms with Crippen LogP contribution >= 0.6 is 22.6 Å². The number of fused-ring (bicyclic) bond motifs is 1. The van der Waals surface area contributed by atoms with Crippen molar-refractivity contribution in [2.45, 2.75) is 36.7 Å². The molecule has 7 nitrogen and oxygen atoms in total. The number of nitrogens with zero attached hydrogens (tertiary/aromatic N) is 3. The lowest BCUT2D eigenvalue weighted by atomic mass is 9.90. The number of hydrogen-bond donors (Lipinski definition) is 2. The Kier molecular flexibility index (Phi) is 6.79. The van der Waals surface area contributed by atoms with Gasteiger partial charge in [-0.1, -0.05) is 22.6 Å². The van der Waals surface area contributed by atoms with E-state index in [1.54, 1.807) is 18.2 Å². The maximum absolute atomic E-state index is 13.9. The lowest BCUT2D eigenvalue weighted by Gasteiger charge is -2.37. The number of sulfonamides is 1. The first kappa shape index (κ1) is 24.1. The molecule has 0 saturated carbocycles. The molecule has 1 aromatic heterocycles. The SMILES string of the molecule is CC(C)(c1cc2ncnc(Nc3ccc(F)c(CI)c3)c2cc1NS(C)(=O)=O)N1CCCC1. The first-order valence-electron chi connectivity index (χ1n) is 10.7. The highest BCUT2D eigenvalue weighted by Crippen LogP contribution is 2.39. The van der Waals surface area contributed by atoms with E-state index in [9.17, 15) is 12.8 Å². The van der Waals surface area contributed by atoms with Gasteiger partial charge in [0.15, 0.2) is 0 Å². The first-order chi connectivity index (χ1) is 15.6. The van der Waals surface area contributed by atoms with Gasteiger partial charge in [-0.15, -0.1) is 0 Å². The molecule has 0 bridgehead atoms. The molecule has 1 aliphatic heterocycles. The average molecular weight is 583 g/mol. The van der Waals surface area contributed by atoms with Gasteiger partial charge in [0.25, 0.3) is 0 Å². The predicted octanol–water partition coefficient (Wildman–Crippen LogP) is 5.15. The third-order valence-electron chi connectivity index (χ3n) is 6.08. The molecular weight excluding hydrogens is 556 g/mol. The molecule has 2 aromatic carbocycles. The maximum Gasteiger partial charge on any atom is 0.229 e. The molecule has 176 valence electrons. The molecular formula is C23H27FIN5O2S. The minimum atomic E-state index is -3.51. The van der Waals surface area contributed by atoms with E-state index in [1.807, 2.05) is 6.07 Å². The molecule has 2 heterocycles. The van der Waals surface area contributed by atoms with Gasteiger partial charge in [-0.25, -0.2) is 22.8 Å². The summed E-state index contributed by atoms with van der Waals surface area (Å²) in [5.41, 5.74) is 2.97. The molecule has 1 saturated heterocycles. The topological polar surface area (TPSA) is 87.2 Å². The molecule has 0 aliphatic carbocycles. The summed E-state index contributed by atoms with van der Waals surface area (Å²) in [7, 11) is -3.51. The fraction of sp³-hybridized carbons (Fsp3) is 0.391. The van der Waals surface area contributed by atoms with E-state index < -0.39 is 10.0 Å². The van der Waals surface area contributed by atoms with E-state index in [0.29, 0.717) is 38.1 Å². The normalized spacial score (nSPS) is 15.2. The van der Waals surface area contributed by atoms with Gasteiger partial charge in [-0.2, -0.15) is 0 Å². The van der Waals surface area contributed by atoms with Crippen LogP contribution < -0.4 is 10.0 Å². The molecule has 2 N–H and O–H groups in total. The lowest BCUT2D eigenvalue weighted by Crippen LogP contribution is -2.40. The Balaban J connectivity index is 1.84. The number of hydrogen-bond acceptors (Lipinski definition) is 6. The smallest absolute Gasteiger partial charge is 0.229 e. The molecule has 1 aliphatic rings. The summed E-state index contributed by atoms with van der Waals surface area (Å²) in [4.78, 5) is 11.2. The second kappa shape index (κ2) is 9.30. The number of anilines is 3. The van der Waals surface area contributed by atoms with Crippen LogP contribution in [-0.4, -0.2) is 42.6 Å². The molecule has 3 aromatic rings. The number of benzene rings is 2. The third-order valence-corrected chi connectivity index (χ3v) is 7.49. The van der Waals surface area contributed by atoms with Crippen molar-refractivity contribution < 1.29 is 12.8 Å². The summed E-state index contributed by atoms with van der Waals surface area (Å²) in [5.74, 6) is 0.268. The summed E-state index contributed by atoms with van der Waals surface area (Å²) < 4.78 is 41.6. The standard InChI is InChI=1S/C23H27FIN5O2S/c1-23(2,30-8-4-5-9-30)18-12-20-17(11-21(18)29-33(3,31)32)22(27-14-26-20)28-16-6-7-19(24)15(10-16)13-25/h6-7,10-12,14,29H,4-5,8-9,13H2,1-3H3,(H,26,27,28). The van der Waals surface area contributed by atoms with E-state index in [4.69, 9.17) is 0 Å². The van der Waals surface area contributed by atoms with Crippen molar-refractivity contribution in [2.24, 2.45) is 0 Å². The summed E-state index contributed by atoms with van der Waals surface area (Å²) in [5, 5.41) is 3.91. The molecule has 0 amide bonds. The van der Waals surface area contributed by atoms with Gasteiger partial charge in [0.2, 0.25) is 10.0 Å². The quantitative estimate of drug-likeness (QED) is 0.296. The van der Waals surface area contributed by atoms with E-state index in [2.05, 4.69) is 61.3 Å². The average Bonchev–Trinajstić information content (AvgIpc) is 3.30. The number of likely N-dealkylation sites (tertiary alicyclic amines) is 1. The Bertz CT molecular complexity index is 1290. The Morgan fingerprint density at radius 1 is 1.15 bits per heavy atom. The predicted molar refractivity (Wildman–Crippen MR) is 139 cm³/mol. The highest BCUT2D eigenvalue weighted by Gasteiger charge is 2.33. The van der Waals surface area contributed by atoms with E-state index >= 15 is 0 Å². The number of alkyl halides is 1. The van der Waals surface area contributed by atoms with Crippen molar-refractivity contribution in [3.8, 4) is 0 Å². The van der Waals surface area contributed by atoms with Gasteiger partial charge < -0.3 is 5.32 Å². The van der Waals surface area contributed by atoms with Crippen LogP contribution in [0, 0.1) is 5.82 Å². The summed E-state index contributed by atoms with van der Waals surface area (Å²) in [6.45, 7) is 6.14. The molecule has 0 radical (unpaired) electrons. The van der Waals surface area contributed by atoms with E-state index in [0.717, 1.165) is 37.8 Å². The van der Waals surface area contributed by atoms with Gasteiger partial charge in [-0.3, -0.25) is 9.62 Å². The van der Waals surface area contributed by atoms with Crippen molar-refractivity contribution >= 4 is 60.7 Å². The zero-order chi connectivity index (χ0) is 23.8. The van der Waals surface area contributed by atoms with Gasteiger partial charge in [0.1, 0.15) is 18.0 Å². The fourth-order valence-corrected chi connectivity index (χ4v) is 5.48. The molecule has 10 heteroatoms. The van der Waals surface area contributed by atoms with Crippen LogP contribution in [0.1, 0.15) is 37.8 Å². The van der Waals surface area contributed by atoms with Gasteiger partial charge in [0.05, 0.1) is 17.5 Å². The molecule has 0 atom stereocenters. The van der Waals surface area contributed by atoms with Crippen molar-refractivity contribution in [1.82, 2.24) is 14.9 Å². The van der Waals surface area contributed by atoms with E-state index in [1.165, 1.54) is 12.4 Å². The number of halogens is 2. The van der Waals surface area contributed by atoms with Crippen LogP contribution in [0.15, 0.2) is 36.7 Å².